The third-order valence-corrected chi connectivity index (χ3v) is 6.80. The van der Waals surface area contributed by atoms with E-state index in [1.807, 2.05) is 30.3 Å². The third kappa shape index (κ3) is 3.47. The number of thioether (sulfide) groups is 1. The number of aromatic nitrogens is 2. The van der Waals surface area contributed by atoms with Crippen LogP contribution in [0.25, 0.3) is 15.9 Å². The van der Waals surface area contributed by atoms with Crippen LogP contribution >= 0.6 is 23.1 Å². The van der Waals surface area contributed by atoms with Crippen LogP contribution in [-0.2, 0) is 22.6 Å². The molecule has 0 spiro atoms. The molecule has 2 aromatic heterocycles. The minimum absolute atomic E-state index is 0.0713. The molecule has 0 fully saturated rings. The van der Waals surface area contributed by atoms with Crippen molar-refractivity contribution in [2.24, 2.45) is 5.92 Å². The summed E-state index contributed by atoms with van der Waals surface area (Å²) in [5, 5.41) is 11.9. The van der Waals surface area contributed by atoms with Crippen LogP contribution in [0.2, 0.25) is 0 Å². The van der Waals surface area contributed by atoms with Crippen molar-refractivity contribution in [2.45, 2.75) is 38.1 Å². The number of hydrogen-bond donors (Lipinski definition) is 0. The summed E-state index contributed by atoms with van der Waals surface area (Å²) in [6.07, 6.45) is 0.756. The van der Waals surface area contributed by atoms with Crippen LogP contribution in [0.4, 0.5) is 0 Å². The summed E-state index contributed by atoms with van der Waals surface area (Å²) in [7, 11) is 0. The number of hydrogen-bond acceptors (Lipinski definition) is 7. The lowest BCUT2D eigenvalue weighted by Gasteiger charge is -2.26. The van der Waals surface area contributed by atoms with E-state index in [0.29, 0.717) is 40.0 Å². The van der Waals surface area contributed by atoms with E-state index < -0.39 is 5.97 Å². The molecule has 1 aliphatic rings. The molecule has 3 aromatic rings. The summed E-state index contributed by atoms with van der Waals surface area (Å²) in [5.41, 5.74) is 1.51. The zero-order valence-electron chi connectivity index (χ0n) is 15.5. The van der Waals surface area contributed by atoms with Gasteiger partial charge in [0.15, 0.2) is 5.16 Å². The Balaban J connectivity index is 1.93. The Morgan fingerprint density at radius 1 is 1.39 bits per heavy atom. The molecule has 146 valence electrons. The van der Waals surface area contributed by atoms with Gasteiger partial charge >= 0.3 is 0 Å². The van der Waals surface area contributed by atoms with Gasteiger partial charge in [-0.3, -0.25) is 9.36 Å². The second kappa shape index (κ2) is 7.69. The van der Waals surface area contributed by atoms with Crippen molar-refractivity contribution in [3.8, 4) is 5.69 Å². The number of carboxylic acids is 1. The number of para-hydroxylation sites is 1. The maximum Gasteiger partial charge on any atom is 0.267 e. The van der Waals surface area contributed by atoms with Gasteiger partial charge in [0.05, 0.1) is 29.8 Å². The standard InChI is InChI=1S/C20H20N2O4S2/c1-11(2)14-8-13-15(9-26-14)28-18-17(13)19(25)22(12-6-4-3-5-7-12)20(21-18)27-10-16(23)24/h3-7,11,14H,8-10H2,1-2H3,(H,23,24)/p-1/t14-/m1/s1. The molecule has 0 saturated heterocycles. The molecule has 0 unspecified atom stereocenters. The number of carboxylic acid groups (broad SMARTS) is 1. The van der Waals surface area contributed by atoms with E-state index in [2.05, 4.69) is 18.8 Å². The quantitative estimate of drug-likeness (QED) is 0.470. The Hall–Kier alpha value is -2.16. The Morgan fingerprint density at radius 3 is 2.82 bits per heavy atom. The number of carbonyl (C=O) groups excluding carboxylic acids is 1. The predicted octanol–water partition coefficient (Wildman–Crippen LogP) is 2.39. The van der Waals surface area contributed by atoms with Gasteiger partial charge in [-0.1, -0.05) is 43.8 Å². The first-order chi connectivity index (χ1) is 13.5. The van der Waals surface area contributed by atoms with E-state index in [1.165, 1.54) is 15.9 Å². The van der Waals surface area contributed by atoms with E-state index in [0.717, 1.165) is 22.2 Å². The smallest absolute Gasteiger partial charge is 0.267 e. The van der Waals surface area contributed by atoms with Crippen LogP contribution in [0.1, 0.15) is 24.3 Å². The number of nitrogens with zero attached hydrogens (tertiary/aromatic N) is 2. The van der Waals surface area contributed by atoms with E-state index in [4.69, 9.17) is 4.74 Å². The van der Waals surface area contributed by atoms with Crippen molar-refractivity contribution in [3.63, 3.8) is 0 Å². The molecule has 8 heteroatoms. The molecule has 0 aliphatic carbocycles. The van der Waals surface area contributed by atoms with Gasteiger partial charge in [-0.25, -0.2) is 4.98 Å². The Labute approximate surface area is 170 Å². The highest BCUT2D eigenvalue weighted by Crippen LogP contribution is 2.36. The highest BCUT2D eigenvalue weighted by Gasteiger charge is 2.28. The summed E-state index contributed by atoms with van der Waals surface area (Å²) in [6.45, 7) is 4.70. The molecule has 0 saturated carbocycles. The lowest BCUT2D eigenvalue weighted by Crippen LogP contribution is -2.28. The van der Waals surface area contributed by atoms with Crippen LogP contribution in [-0.4, -0.2) is 27.4 Å². The van der Waals surface area contributed by atoms with Gasteiger partial charge in [0.1, 0.15) is 4.83 Å². The summed E-state index contributed by atoms with van der Waals surface area (Å²) in [6, 6.07) is 9.18. The van der Waals surface area contributed by atoms with Gasteiger partial charge in [-0.2, -0.15) is 0 Å². The summed E-state index contributed by atoms with van der Waals surface area (Å²) in [5.74, 6) is -1.11. The number of benzene rings is 1. The molecule has 1 aromatic carbocycles. The van der Waals surface area contributed by atoms with Crippen LogP contribution in [0.5, 0.6) is 0 Å². The summed E-state index contributed by atoms with van der Waals surface area (Å²) < 4.78 is 7.44. The van der Waals surface area contributed by atoms with Gasteiger partial charge in [-0.05, 0) is 23.6 Å². The summed E-state index contributed by atoms with van der Waals surface area (Å²) >= 11 is 2.45. The number of fused-ring (bicyclic) bond motifs is 3. The van der Waals surface area contributed by atoms with E-state index in [-0.39, 0.29) is 17.4 Å². The summed E-state index contributed by atoms with van der Waals surface area (Å²) in [4.78, 5) is 30.8. The first kappa shape index (κ1) is 19.2. The molecular formula is C20H19N2O4S2-. The van der Waals surface area contributed by atoms with Crippen molar-refractivity contribution in [1.29, 1.82) is 0 Å². The molecule has 1 aliphatic heterocycles. The van der Waals surface area contributed by atoms with Crippen molar-refractivity contribution >= 4 is 39.3 Å². The SMILES string of the molecule is CC(C)[C@H]1Cc2c(sc3nc(SCC(=O)[O-])n(-c4ccccc4)c(=O)c23)CO1. The fourth-order valence-corrected chi connectivity index (χ4v) is 5.25. The number of rotatable bonds is 5. The van der Waals surface area contributed by atoms with Gasteiger partial charge in [-0.15, -0.1) is 11.3 Å². The van der Waals surface area contributed by atoms with E-state index in [1.54, 1.807) is 0 Å². The first-order valence-electron chi connectivity index (χ1n) is 9.02. The van der Waals surface area contributed by atoms with Crippen LogP contribution in [0.15, 0.2) is 40.3 Å². The molecule has 0 radical (unpaired) electrons. The monoisotopic (exact) mass is 415 g/mol. The topological polar surface area (TPSA) is 84.2 Å². The van der Waals surface area contributed by atoms with Crippen molar-refractivity contribution in [1.82, 2.24) is 9.55 Å². The molecular weight excluding hydrogens is 396 g/mol. The largest absolute Gasteiger partial charge is 0.549 e. The normalized spacial score (nSPS) is 16.5. The molecule has 3 heterocycles. The number of ether oxygens (including phenoxy) is 1. The Morgan fingerprint density at radius 2 is 2.14 bits per heavy atom. The van der Waals surface area contributed by atoms with Gasteiger partial charge in [0.25, 0.3) is 5.56 Å². The lowest BCUT2D eigenvalue weighted by atomic mass is 9.96. The van der Waals surface area contributed by atoms with Gasteiger partial charge in [0, 0.05) is 17.1 Å². The average Bonchev–Trinajstić information content (AvgIpc) is 3.04. The fraction of sp³-hybridized carbons (Fsp3) is 0.350. The van der Waals surface area contributed by atoms with Crippen molar-refractivity contribution < 1.29 is 14.6 Å². The van der Waals surface area contributed by atoms with Crippen molar-refractivity contribution in [3.05, 3.63) is 51.1 Å². The maximum atomic E-state index is 13.5. The molecule has 0 bridgehead atoms. The second-order valence-corrected chi connectivity index (χ2v) is 9.04. The first-order valence-corrected chi connectivity index (χ1v) is 10.8. The van der Waals surface area contributed by atoms with Gasteiger partial charge in [0.2, 0.25) is 0 Å². The highest BCUT2D eigenvalue weighted by atomic mass is 32.2. The molecule has 28 heavy (non-hydrogen) atoms. The maximum absolute atomic E-state index is 13.5. The van der Waals surface area contributed by atoms with Crippen LogP contribution < -0.4 is 10.7 Å². The third-order valence-electron chi connectivity index (χ3n) is 4.79. The number of carbonyl (C=O) groups is 1. The van der Waals surface area contributed by atoms with Gasteiger partial charge < -0.3 is 14.6 Å². The zero-order chi connectivity index (χ0) is 19.8. The van der Waals surface area contributed by atoms with E-state index in [9.17, 15) is 14.7 Å². The number of thiophene rings is 1. The minimum atomic E-state index is -1.20. The average molecular weight is 416 g/mol. The van der Waals surface area contributed by atoms with E-state index >= 15 is 0 Å². The molecule has 1 atom stereocenters. The van der Waals surface area contributed by atoms with Crippen LogP contribution in [0, 0.1) is 5.92 Å². The molecule has 6 nitrogen and oxygen atoms in total. The highest BCUT2D eigenvalue weighted by molar-refractivity contribution is 7.99. The predicted molar refractivity (Wildman–Crippen MR) is 108 cm³/mol. The second-order valence-electron chi connectivity index (χ2n) is 7.01. The molecule has 4 rings (SSSR count). The zero-order valence-corrected chi connectivity index (χ0v) is 17.1. The Kier molecular flexibility index (Phi) is 5.27. The Bertz CT molecular complexity index is 1090. The lowest BCUT2D eigenvalue weighted by molar-refractivity contribution is -0.301. The number of aliphatic carboxylic acids is 1. The molecule has 0 amide bonds. The van der Waals surface area contributed by atoms with Crippen molar-refractivity contribution in [2.75, 3.05) is 5.75 Å². The molecule has 0 N–H and O–H groups in total. The fourth-order valence-electron chi connectivity index (χ4n) is 3.36. The van der Waals surface area contributed by atoms with Crippen LogP contribution in [0.3, 0.4) is 0 Å². The minimum Gasteiger partial charge on any atom is -0.549 e.